The molecule has 0 saturated heterocycles. The molecule has 1 aromatic rings. The summed E-state index contributed by atoms with van der Waals surface area (Å²) in [5.74, 6) is -0.216. The molecule has 0 aromatic heterocycles. The molecule has 1 aromatic carbocycles. The summed E-state index contributed by atoms with van der Waals surface area (Å²) in [6.07, 6.45) is 0. The molecule has 0 amide bonds. The van der Waals surface area contributed by atoms with Crippen LogP contribution in [0.3, 0.4) is 0 Å². The number of rotatable bonds is 4. The zero-order valence-corrected chi connectivity index (χ0v) is 10.1. The molecule has 0 aliphatic rings. The van der Waals surface area contributed by atoms with E-state index in [1.165, 1.54) is 0 Å². The van der Waals surface area contributed by atoms with E-state index < -0.39 is 21.0 Å². The predicted octanol–water partition coefficient (Wildman–Crippen LogP) is 4.38. The van der Waals surface area contributed by atoms with Crippen LogP contribution in [0.25, 0.3) is 0 Å². The van der Waals surface area contributed by atoms with E-state index in [0.29, 0.717) is 0 Å². The van der Waals surface area contributed by atoms with E-state index in [1.54, 1.807) is 31.2 Å². The van der Waals surface area contributed by atoms with Crippen LogP contribution in [0.2, 0.25) is 6.04 Å². The lowest BCUT2D eigenvalue weighted by molar-refractivity contribution is 0.458. The van der Waals surface area contributed by atoms with Crippen LogP contribution < -0.4 is 0 Å². The van der Waals surface area contributed by atoms with Crippen molar-refractivity contribution in [2.75, 3.05) is 0 Å². The van der Waals surface area contributed by atoms with E-state index in [2.05, 4.69) is 0 Å². The molecule has 1 unspecified atom stereocenters. The van der Waals surface area contributed by atoms with Crippen LogP contribution in [0.1, 0.15) is 24.0 Å². The van der Waals surface area contributed by atoms with Crippen LogP contribution in [0.4, 0.5) is 12.3 Å². The fourth-order valence-electron chi connectivity index (χ4n) is 1.59. The van der Waals surface area contributed by atoms with Gasteiger partial charge in [0, 0.05) is 11.9 Å². The molecule has 0 spiro atoms. The van der Waals surface area contributed by atoms with Gasteiger partial charge in [-0.15, -0.1) is 11.6 Å². The third-order valence-corrected chi connectivity index (χ3v) is 3.63. The van der Waals surface area contributed by atoms with Crippen molar-refractivity contribution in [3.63, 3.8) is 0 Å². The molecule has 1 atom stereocenters. The molecule has 84 valence electrons. The Hall–Kier alpha value is -0.483. The van der Waals surface area contributed by atoms with E-state index in [-0.39, 0.29) is 5.88 Å². The molecule has 0 N–H and O–H groups in total. The number of hydrogen-bond donors (Lipinski definition) is 0. The Bertz CT molecular complexity index is 325. The molecule has 15 heavy (non-hydrogen) atoms. The molecule has 0 saturated carbocycles. The van der Waals surface area contributed by atoms with Gasteiger partial charge < -0.3 is 0 Å². The Morgan fingerprint density at radius 1 is 1.27 bits per heavy atom. The van der Waals surface area contributed by atoms with E-state index >= 15 is 0 Å². The third kappa shape index (κ3) is 3.87. The van der Waals surface area contributed by atoms with Crippen molar-refractivity contribution in [3.8, 4) is 0 Å². The SMILES string of the molecule is CC(C[Si](F)(F)F)c1ccccc1CCl. The first kappa shape index (κ1) is 12.6. The average molecular weight is 253 g/mol. The monoisotopic (exact) mass is 252 g/mol. The van der Waals surface area contributed by atoms with Crippen LogP contribution in [0, 0.1) is 0 Å². The zero-order valence-electron chi connectivity index (χ0n) is 8.31. The first-order valence-electron chi connectivity index (χ1n) is 4.64. The van der Waals surface area contributed by atoms with Gasteiger partial charge in [-0.1, -0.05) is 31.2 Å². The number of benzene rings is 1. The van der Waals surface area contributed by atoms with Crippen LogP contribution in [-0.4, -0.2) is 9.08 Å². The van der Waals surface area contributed by atoms with Gasteiger partial charge in [0.2, 0.25) is 0 Å². The lowest BCUT2D eigenvalue weighted by Crippen LogP contribution is -2.18. The van der Waals surface area contributed by atoms with Crippen molar-refractivity contribution < 1.29 is 12.3 Å². The first-order chi connectivity index (χ1) is 6.94. The lowest BCUT2D eigenvalue weighted by atomic mass is 9.98. The number of halogens is 4. The summed E-state index contributed by atoms with van der Waals surface area (Å²) in [4.78, 5) is 0. The average Bonchev–Trinajstić information content (AvgIpc) is 2.15. The van der Waals surface area contributed by atoms with E-state index in [4.69, 9.17) is 11.6 Å². The highest BCUT2D eigenvalue weighted by Crippen LogP contribution is 2.30. The molecule has 0 bridgehead atoms. The summed E-state index contributed by atoms with van der Waals surface area (Å²) in [7, 11) is -5.48. The van der Waals surface area contributed by atoms with Gasteiger partial charge in [0.25, 0.3) is 0 Å². The number of hydrogen-bond acceptors (Lipinski definition) is 0. The van der Waals surface area contributed by atoms with Gasteiger partial charge >= 0.3 is 9.08 Å². The fourth-order valence-corrected chi connectivity index (χ4v) is 2.75. The maximum absolute atomic E-state index is 12.3. The minimum atomic E-state index is -5.48. The summed E-state index contributed by atoms with van der Waals surface area (Å²) in [5.41, 5.74) is 1.52. The van der Waals surface area contributed by atoms with Gasteiger partial charge in [-0.3, -0.25) is 0 Å². The molecule has 1 rings (SSSR count). The Morgan fingerprint density at radius 3 is 2.40 bits per heavy atom. The summed E-state index contributed by atoms with van der Waals surface area (Å²) in [5, 5.41) is 0. The van der Waals surface area contributed by atoms with E-state index in [0.717, 1.165) is 11.1 Å². The van der Waals surface area contributed by atoms with E-state index in [1.807, 2.05) is 0 Å². The molecule has 0 fully saturated rings. The van der Waals surface area contributed by atoms with Crippen molar-refractivity contribution in [1.82, 2.24) is 0 Å². The molecule has 0 aliphatic heterocycles. The minimum absolute atomic E-state index is 0.264. The molecule has 0 heterocycles. The molecule has 0 nitrogen and oxygen atoms in total. The Labute approximate surface area is 93.6 Å². The van der Waals surface area contributed by atoms with Crippen molar-refractivity contribution in [3.05, 3.63) is 35.4 Å². The van der Waals surface area contributed by atoms with Crippen LogP contribution in [-0.2, 0) is 5.88 Å². The quantitative estimate of drug-likeness (QED) is 0.424. The van der Waals surface area contributed by atoms with Gasteiger partial charge in [0.05, 0.1) is 0 Å². The summed E-state index contributed by atoms with van der Waals surface area (Å²) < 4.78 is 37.0. The maximum atomic E-state index is 12.3. The largest absolute Gasteiger partial charge is 0.616 e. The Morgan fingerprint density at radius 2 is 1.87 bits per heavy atom. The molecular formula is C10H12ClF3Si. The van der Waals surface area contributed by atoms with Crippen LogP contribution >= 0.6 is 11.6 Å². The highest BCUT2D eigenvalue weighted by molar-refractivity contribution is 6.58. The zero-order chi connectivity index (χ0) is 11.5. The highest BCUT2D eigenvalue weighted by atomic mass is 35.5. The predicted molar refractivity (Wildman–Crippen MR) is 58.3 cm³/mol. The highest BCUT2D eigenvalue weighted by Gasteiger charge is 2.38. The summed E-state index contributed by atoms with van der Waals surface area (Å²) >= 11 is 5.68. The van der Waals surface area contributed by atoms with Crippen molar-refractivity contribution in [2.24, 2.45) is 0 Å². The third-order valence-electron chi connectivity index (χ3n) is 2.27. The topological polar surface area (TPSA) is 0 Å². The van der Waals surface area contributed by atoms with Crippen molar-refractivity contribution >= 4 is 20.7 Å². The van der Waals surface area contributed by atoms with E-state index in [9.17, 15) is 12.3 Å². The maximum Gasteiger partial charge on any atom is 0.616 e. The van der Waals surface area contributed by atoms with Gasteiger partial charge in [-0.05, 0) is 17.0 Å². The van der Waals surface area contributed by atoms with Gasteiger partial charge in [0.1, 0.15) is 0 Å². The first-order valence-corrected chi connectivity index (χ1v) is 7.02. The molecule has 5 heteroatoms. The fraction of sp³-hybridized carbons (Fsp3) is 0.400. The lowest BCUT2D eigenvalue weighted by Gasteiger charge is -2.15. The summed E-state index contributed by atoms with van der Waals surface area (Å²) in [6.45, 7) is 1.60. The standard InChI is InChI=1S/C10H12ClF3Si/c1-8(7-15(12,13)14)10-5-3-2-4-9(10)6-11/h2-5,8H,6-7H2,1H3. The smallest absolute Gasteiger partial charge is 0.238 e. The Balaban J connectivity index is 2.86. The molecule has 0 aliphatic carbocycles. The summed E-state index contributed by atoms with van der Waals surface area (Å²) in [6, 6.07) is 6.37. The van der Waals surface area contributed by atoms with Crippen molar-refractivity contribution in [1.29, 1.82) is 0 Å². The van der Waals surface area contributed by atoms with Gasteiger partial charge in [-0.25, -0.2) is 12.3 Å². The van der Waals surface area contributed by atoms with Crippen LogP contribution in [0.5, 0.6) is 0 Å². The second-order valence-corrected chi connectivity index (χ2v) is 5.46. The second-order valence-electron chi connectivity index (χ2n) is 3.55. The normalized spacial score (nSPS) is 13.9. The second kappa shape index (κ2) is 5.03. The minimum Gasteiger partial charge on any atom is -0.238 e. The van der Waals surface area contributed by atoms with Crippen LogP contribution in [0.15, 0.2) is 24.3 Å². The molecular weight excluding hydrogens is 241 g/mol. The van der Waals surface area contributed by atoms with Gasteiger partial charge in [0.15, 0.2) is 0 Å². The van der Waals surface area contributed by atoms with Gasteiger partial charge in [-0.2, -0.15) is 0 Å². The molecule has 0 radical (unpaired) electrons. The Kier molecular flexibility index (Phi) is 4.22. The van der Waals surface area contributed by atoms with Crippen molar-refractivity contribution in [2.45, 2.75) is 24.8 Å². The number of alkyl halides is 1.